The number of carbonyl (C=O) groups excluding carboxylic acids is 1. The number of hydrogen-bond donors (Lipinski definition) is 1. The monoisotopic (exact) mass is 329 g/mol. The van der Waals surface area contributed by atoms with Crippen LogP contribution in [0.5, 0.6) is 11.5 Å². The molecule has 8 nitrogen and oxygen atoms in total. The molecule has 0 unspecified atom stereocenters. The molecule has 1 amide bonds. The fourth-order valence-corrected chi connectivity index (χ4v) is 1.89. The lowest BCUT2D eigenvalue weighted by molar-refractivity contribution is 0.0918. The van der Waals surface area contributed by atoms with E-state index in [0.29, 0.717) is 11.6 Å². The number of methoxy groups -OCH3 is 1. The molecular weight excluding hydrogens is 314 g/mol. The first kappa shape index (κ1) is 15.6. The molecule has 0 spiro atoms. The molecule has 124 valence electrons. The zero-order valence-corrected chi connectivity index (χ0v) is 12.9. The van der Waals surface area contributed by atoms with Gasteiger partial charge in [-0.3, -0.25) is 4.79 Å². The molecule has 0 bridgehead atoms. The highest BCUT2D eigenvalue weighted by Crippen LogP contribution is 2.17. The van der Waals surface area contributed by atoms with Crippen molar-refractivity contribution in [3.8, 4) is 11.5 Å². The highest BCUT2D eigenvalue weighted by atomic mass is 16.5. The maximum absolute atomic E-state index is 11.7. The van der Waals surface area contributed by atoms with Crippen LogP contribution in [0.2, 0.25) is 0 Å². The SMILES string of the molecule is COc1ccc(OCc2noc(CNC(=O)c3ccco3)n2)cc1. The Balaban J connectivity index is 1.49. The topological polar surface area (TPSA) is 99.6 Å². The lowest BCUT2D eigenvalue weighted by Gasteiger charge is -2.04. The van der Waals surface area contributed by atoms with Gasteiger partial charge in [0.15, 0.2) is 12.4 Å². The van der Waals surface area contributed by atoms with Crippen molar-refractivity contribution < 1.29 is 23.2 Å². The fourth-order valence-electron chi connectivity index (χ4n) is 1.89. The first-order valence-corrected chi connectivity index (χ1v) is 7.14. The molecule has 8 heteroatoms. The van der Waals surface area contributed by atoms with Crippen LogP contribution in [0.15, 0.2) is 51.6 Å². The van der Waals surface area contributed by atoms with Gasteiger partial charge in [0.1, 0.15) is 11.5 Å². The van der Waals surface area contributed by atoms with Crippen molar-refractivity contribution in [2.75, 3.05) is 7.11 Å². The lowest BCUT2D eigenvalue weighted by atomic mass is 10.3. The van der Waals surface area contributed by atoms with E-state index in [9.17, 15) is 4.79 Å². The predicted molar refractivity (Wildman–Crippen MR) is 81.5 cm³/mol. The van der Waals surface area contributed by atoms with Crippen LogP contribution < -0.4 is 14.8 Å². The largest absolute Gasteiger partial charge is 0.497 e. The van der Waals surface area contributed by atoms with E-state index in [1.165, 1.54) is 6.26 Å². The number of hydrogen-bond acceptors (Lipinski definition) is 7. The van der Waals surface area contributed by atoms with Crippen molar-refractivity contribution in [3.63, 3.8) is 0 Å². The maximum Gasteiger partial charge on any atom is 0.287 e. The number of ether oxygens (including phenoxy) is 2. The van der Waals surface area contributed by atoms with Crippen LogP contribution in [0.4, 0.5) is 0 Å². The molecule has 0 atom stereocenters. The summed E-state index contributed by atoms with van der Waals surface area (Å²) >= 11 is 0. The van der Waals surface area contributed by atoms with Crippen LogP contribution in [0, 0.1) is 0 Å². The first-order valence-electron chi connectivity index (χ1n) is 7.14. The first-order chi connectivity index (χ1) is 11.7. The number of nitrogens with one attached hydrogen (secondary N) is 1. The van der Waals surface area contributed by atoms with Gasteiger partial charge in [-0.15, -0.1) is 0 Å². The molecule has 0 aliphatic rings. The Morgan fingerprint density at radius 2 is 2.00 bits per heavy atom. The molecule has 3 aromatic rings. The summed E-state index contributed by atoms with van der Waals surface area (Å²) in [5.74, 6) is 1.94. The summed E-state index contributed by atoms with van der Waals surface area (Å²) in [6.07, 6.45) is 1.43. The van der Waals surface area contributed by atoms with Gasteiger partial charge in [0, 0.05) is 0 Å². The van der Waals surface area contributed by atoms with Crippen molar-refractivity contribution in [2.45, 2.75) is 13.2 Å². The number of furan rings is 1. The Morgan fingerprint density at radius 3 is 2.71 bits per heavy atom. The zero-order chi connectivity index (χ0) is 16.8. The van der Waals surface area contributed by atoms with Crippen molar-refractivity contribution in [1.29, 1.82) is 0 Å². The fraction of sp³-hybridized carbons (Fsp3) is 0.188. The molecular formula is C16H15N3O5. The summed E-state index contributed by atoms with van der Waals surface area (Å²) in [6.45, 7) is 0.261. The minimum Gasteiger partial charge on any atom is -0.497 e. The van der Waals surface area contributed by atoms with Gasteiger partial charge in [-0.2, -0.15) is 4.98 Å². The minimum absolute atomic E-state index is 0.106. The molecule has 0 aliphatic heterocycles. The quantitative estimate of drug-likeness (QED) is 0.709. The van der Waals surface area contributed by atoms with Gasteiger partial charge in [0.2, 0.25) is 11.7 Å². The van der Waals surface area contributed by atoms with Crippen LogP contribution in [-0.2, 0) is 13.2 Å². The highest BCUT2D eigenvalue weighted by molar-refractivity contribution is 5.91. The summed E-state index contributed by atoms with van der Waals surface area (Å²) in [5, 5.41) is 6.41. The summed E-state index contributed by atoms with van der Waals surface area (Å²) in [5.41, 5.74) is 0. The van der Waals surface area contributed by atoms with Crippen LogP contribution >= 0.6 is 0 Å². The number of aromatic nitrogens is 2. The summed E-state index contributed by atoms with van der Waals surface area (Å²) in [6, 6.07) is 10.3. The van der Waals surface area contributed by atoms with E-state index in [2.05, 4.69) is 15.5 Å². The van der Waals surface area contributed by atoms with E-state index < -0.39 is 0 Å². The van der Waals surface area contributed by atoms with Gasteiger partial charge < -0.3 is 23.7 Å². The molecule has 0 saturated carbocycles. The second-order valence-corrected chi connectivity index (χ2v) is 4.73. The number of benzene rings is 1. The average Bonchev–Trinajstić information content (AvgIpc) is 3.30. The maximum atomic E-state index is 11.7. The number of carbonyl (C=O) groups is 1. The van der Waals surface area contributed by atoms with Crippen molar-refractivity contribution >= 4 is 5.91 Å². The predicted octanol–water partition coefficient (Wildman–Crippen LogP) is 2.18. The number of rotatable bonds is 7. The van der Waals surface area contributed by atoms with E-state index in [1.54, 1.807) is 43.5 Å². The lowest BCUT2D eigenvalue weighted by Crippen LogP contribution is -2.22. The van der Waals surface area contributed by atoms with E-state index >= 15 is 0 Å². The summed E-state index contributed by atoms with van der Waals surface area (Å²) < 4.78 is 20.7. The van der Waals surface area contributed by atoms with Crippen LogP contribution in [-0.4, -0.2) is 23.2 Å². The molecule has 0 radical (unpaired) electrons. The summed E-state index contributed by atoms with van der Waals surface area (Å²) in [7, 11) is 1.60. The molecule has 1 aromatic carbocycles. The second-order valence-electron chi connectivity index (χ2n) is 4.73. The zero-order valence-electron chi connectivity index (χ0n) is 12.9. The van der Waals surface area contributed by atoms with Gasteiger partial charge in [0.25, 0.3) is 5.91 Å². The van der Waals surface area contributed by atoms with Gasteiger partial charge in [0.05, 0.1) is 19.9 Å². The Labute approximate surface area is 137 Å². The normalized spacial score (nSPS) is 10.4. The van der Waals surface area contributed by atoms with Crippen molar-refractivity contribution in [2.24, 2.45) is 0 Å². The third-order valence-corrected chi connectivity index (χ3v) is 3.08. The molecule has 0 fully saturated rings. The Morgan fingerprint density at radius 1 is 1.21 bits per heavy atom. The third kappa shape index (κ3) is 3.92. The van der Waals surface area contributed by atoms with Crippen molar-refractivity contribution in [3.05, 3.63) is 60.1 Å². The molecule has 3 rings (SSSR count). The Kier molecular flexibility index (Phi) is 4.76. The molecule has 2 heterocycles. The van der Waals surface area contributed by atoms with E-state index in [1.807, 2.05) is 0 Å². The van der Waals surface area contributed by atoms with Crippen molar-refractivity contribution in [1.82, 2.24) is 15.5 Å². The molecule has 24 heavy (non-hydrogen) atoms. The molecule has 0 aliphatic carbocycles. The van der Waals surface area contributed by atoms with E-state index in [0.717, 1.165) is 5.75 Å². The van der Waals surface area contributed by atoms with E-state index in [4.69, 9.17) is 18.4 Å². The molecule has 0 saturated heterocycles. The van der Waals surface area contributed by atoms with Crippen LogP contribution in [0.25, 0.3) is 0 Å². The van der Waals surface area contributed by atoms with Crippen LogP contribution in [0.3, 0.4) is 0 Å². The van der Waals surface area contributed by atoms with Gasteiger partial charge in [-0.1, -0.05) is 5.16 Å². The molecule has 2 aromatic heterocycles. The van der Waals surface area contributed by atoms with Gasteiger partial charge in [-0.05, 0) is 36.4 Å². The van der Waals surface area contributed by atoms with Gasteiger partial charge in [-0.25, -0.2) is 0 Å². The van der Waals surface area contributed by atoms with E-state index in [-0.39, 0.29) is 30.7 Å². The minimum atomic E-state index is -0.353. The van der Waals surface area contributed by atoms with Crippen LogP contribution in [0.1, 0.15) is 22.3 Å². The Hall–Kier alpha value is -3.29. The summed E-state index contributed by atoms with van der Waals surface area (Å²) in [4.78, 5) is 15.9. The third-order valence-electron chi connectivity index (χ3n) is 3.08. The average molecular weight is 329 g/mol. The second kappa shape index (κ2) is 7.32. The molecule has 1 N–H and O–H groups in total. The number of nitrogens with zero attached hydrogens (tertiary/aromatic N) is 2. The van der Waals surface area contributed by atoms with Gasteiger partial charge >= 0.3 is 0 Å². The highest BCUT2D eigenvalue weighted by Gasteiger charge is 2.11. The standard InChI is InChI=1S/C16H15N3O5/c1-21-11-4-6-12(7-5-11)23-10-14-18-15(24-19-14)9-17-16(20)13-3-2-8-22-13/h2-8H,9-10H2,1H3,(H,17,20). The number of amides is 1. The smallest absolute Gasteiger partial charge is 0.287 e. The Bertz CT molecular complexity index is 780.